The van der Waals surface area contributed by atoms with Gasteiger partial charge in [-0.15, -0.1) is 0 Å². The molecule has 0 atom stereocenters. The van der Waals surface area contributed by atoms with E-state index in [0.29, 0.717) is 16.2 Å². The first-order valence-electron chi connectivity index (χ1n) is 7.08. The molecule has 0 aromatic heterocycles. The average molecular weight is 334 g/mol. The first-order valence-corrected chi connectivity index (χ1v) is 7.90. The molecule has 5 nitrogen and oxygen atoms in total. The zero-order chi connectivity index (χ0) is 17.0. The van der Waals surface area contributed by atoms with Crippen LogP contribution in [0, 0.1) is 5.92 Å². The SMILES string of the molecule is CC(C)CC(=O)Oc1ccc(Sc2ccc(O)cc2O)c(O)c1. The van der Waals surface area contributed by atoms with Crippen molar-refractivity contribution in [1.29, 1.82) is 0 Å². The minimum absolute atomic E-state index is 0.0384. The summed E-state index contributed by atoms with van der Waals surface area (Å²) in [6.07, 6.45) is 0.304. The summed E-state index contributed by atoms with van der Waals surface area (Å²) in [6, 6.07) is 8.76. The van der Waals surface area contributed by atoms with Gasteiger partial charge < -0.3 is 20.1 Å². The number of esters is 1. The zero-order valence-electron chi connectivity index (χ0n) is 12.8. The van der Waals surface area contributed by atoms with Crippen molar-refractivity contribution in [3.05, 3.63) is 36.4 Å². The molecule has 23 heavy (non-hydrogen) atoms. The Morgan fingerprint density at radius 1 is 1.04 bits per heavy atom. The molecule has 2 rings (SSSR count). The average Bonchev–Trinajstić information content (AvgIpc) is 2.43. The van der Waals surface area contributed by atoms with Crippen LogP contribution in [-0.2, 0) is 4.79 Å². The fourth-order valence-electron chi connectivity index (χ4n) is 1.86. The maximum Gasteiger partial charge on any atom is 0.311 e. The molecule has 0 unspecified atom stereocenters. The Bertz CT molecular complexity index is 712. The first kappa shape index (κ1) is 17.0. The topological polar surface area (TPSA) is 87.0 Å². The molecule has 0 fully saturated rings. The van der Waals surface area contributed by atoms with Gasteiger partial charge in [-0.25, -0.2) is 0 Å². The summed E-state index contributed by atoms with van der Waals surface area (Å²) in [4.78, 5) is 12.6. The third-order valence-electron chi connectivity index (χ3n) is 2.90. The summed E-state index contributed by atoms with van der Waals surface area (Å²) in [5.41, 5.74) is 0. The summed E-state index contributed by atoms with van der Waals surface area (Å²) < 4.78 is 5.16. The van der Waals surface area contributed by atoms with Crippen LogP contribution in [0.2, 0.25) is 0 Å². The van der Waals surface area contributed by atoms with E-state index in [0.717, 1.165) is 11.8 Å². The Kier molecular flexibility index (Phi) is 5.39. The van der Waals surface area contributed by atoms with Gasteiger partial charge >= 0.3 is 5.97 Å². The molecule has 2 aromatic carbocycles. The van der Waals surface area contributed by atoms with Gasteiger partial charge in [0.2, 0.25) is 0 Å². The predicted molar refractivity (Wildman–Crippen MR) is 87.1 cm³/mol. The van der Waals surface area contributed by atoms with Gasteiger partial charge in [0.15, 0.2) is 0 Å². The smallest absolute Gasteiger partial charge is 0.311 e. The second kappa shape index (κ2) is 7.28. The predicted octanol–water partition coefficient (Wildman–Crippen LogP) is 3.91. The summed E-state index contributed by atoms with van der Waals surface area (Å²) in [7, 11) is 0. The van der Waals surface area contributed by atoms with Gasteiger partial charge in [0.05, 0.1) is 9.79 Å². The number of phenols is 3. The number of rotatable bonds is 5. The van der Waals surface area contributed by atoms with E-state index in [2.05, 4.69) is 0 Å². The van der Waals surface area contributed by atoms with Crippen LogP contribution in [-0.4, -0.2) is 21.3 Å². The third-order valence-corrected chi connectivity index (χ3v) is 4.03. The molecule has 0 aliphatic rings. The lowest BCUT2D eigenvalue weighted by molar-refractivity contribution is -0.135. The van der Waals surface area contributed by atoms with E-state index in [-0.39, 0.29) is 34.9 Å². The van der Waals surface area contributed by atoms with Crippen LogP contribution in [0.15, 0.2) is 46.2 Å². The van der Waals surface area contributed by atoms with Crippen molar-refractivity contribution in [2.45, 2.75) is 30.1 Å². The van der Waals surface area contributed by atoms with Gasteiger partial charge in [-0.2, -0.15) is 0 Å². The molecule has 0 saturated heterocycles. The Hall–Kier alpha value is -2.34. The summed E-state index contributed by atoms with van der Waals surface area (Å²) >= 11 is 1.14. The summed E-state index contributed by atoms with van der Waals surface area (Å²) in [6.45, 7) is 3.84. The maximum atomic E-state index is 11.6. The van der Waals surface area contributed by atoms with Crippen molar-refractivity contribution >= 4 is 17.7 Å². The highest BCUT2D eigenvalue weighted by Gasteiger charge is 2.12. The van der Waals surface area contributed by atoms with E-state index in [4.69, 9.17) is 4.74 Å². The van der Waals surface area contributed by atoms with E-state index in [1.807, 2.05) is 13.8 Å². The van der Waals surface area contributed by atoms with E-state index in [9.17, 15) is 20.1 Å². The highest BCUT2D eigenvalue weighted by atomic mass is 32.2. The normalized spacial score (nSPS) is 10.7. The molecule has 0 spiro atoms. The molecule has 0 bridgehead atoms. The van der Waals surface area contributed by atoms with Gasteiger partial charge in [-0.1, -0.05) is 25.6 Å². The Balaban J connectivity index is 2.11. The maximum absolute atomic E-state index is 11.6. The number of carbonyl (C=O) groups excluding carboxylic acids is 1. The van der Waals surface area contributed by atoms with Crippen LogP contribution in [0.1, 0.15) is 20.3 Å². The molecule has 0 aliphatic carbocycles. The summed E-state index contributed by atoms with van der Waals surface area (Å²) in [5.74, 6) is -0.0607. The molecule has 0 heterocycles. The summed E-state index contributed by atoms with van der Waals surface area (Å²) in [5, 5.41) is 29.1. The highest BCUT2D eigenvalue weighted by Crippen LogP contribution is 2.41. The van der Waals surface area contributed by atoms with Gasteiger partial charge in [-0.3, -0.25) is 4.79 Å². The number of phenolic OH excluding ortho intramolecular Hbond substituents is 3. The van der Waals surface area contributed by atoms with Crippen molar-refractivity contribution in [2.75, 3.05) is 0 Å². The molecule has 0 aliphatic heterocycles. The fraction of sp³-hybridized carbons (Fsp3) is 0.235. The lowest BCUT2D eigenvalue weighted by atomic mass is 10.1. The van der Waals surface area contributed by atoms with E-state index in [1.165, 1.54) is 18.2 Å². The van der Waals surface area contributed by atoms with Crippen LogP contribution in [0.3, 0.4) is 0 Å². The Morgan fingerprint density at radius 2 is 1.65 bits per heavy atom. The van der Waals surface area contributed by atoms with Crippen molar-refractivity contribution in [1.82, 2.24) is 0 Å². The minimum atomic E-state index is -0.351. The molecular weight excluding hydrogens is 316 g/mol. The fourth-order valence-corrected chi connectivity index (χ4v) is 2.70. The van der Waals surface area contributed by atoms with Gasteiger partial charge in [-0.05, 0) is 30.2 Å². The first-order chi connectivity index (χ1) is 10.8. The van der Waals surface area contributed by atoms with E-state index in [1.54, 1.807) is 18.2 Å². The third kappa shape index (κ3) is 4.82. The van der Waals surface area contributed by atoms with Crippen molar-refractivity contribution in [2.24, 2.45) is 5.92 Å². The van der Waals surface area contributed by atoms with Crippen LogP contribution >= 0.6 is 11.8 Å². The quantitative estimate of drug-likeness (QED) is 0.568. The van der Waals surface area contributed by atoms with E-state index < -0.39 is 0 Å². The van der Waals surface area contributed by atoms with Crippen LogP contribution < -0.4 is 4.74 Å². The van der Waals surface area contributed by atoms with Crippen LogP contribution in [0.4, 0.5) is 0 Å². The highest BCUT2D eigenvalue weighted by molar-refractivity contribution is 7.99. The second-order valence-electron chi connectivity index (χ2n) is 5.46. The van der Waals surface area contributed by atoms with E-state index >= 15 is 0 Å². The number of aromatic hydroxyl groups is 3. The number of benzene rings is 2. The molecule has 2 aromatic rings. The van der Waals surface area contributed by atoms with Crippen LogP contribution in [0.25, 0.3) is 0 Å². The Labute approximate surface area is 138 Å². The Morgan fingerprint density at radius 3 is 2.22 bits per heavy atom. The molecule has 122 valence electrons. The standard InChI is InChI=1S/C17H18O5S/c1-10(2)7-17(21)22-12-4-6-16(14(20)9-12)23-15-5-3-11(18)8-13(15)19/h3-6,8-10,18-20H,7H2,1-2H3. The van der Waals surface area contributed by atoms with Crippen molar-refractivity contribution in [3.63, 3.8) is 0 Å². The largest absolute Gasteiger partial charge is 0.508 e. The zero-order valence-corrected chi connectivity index (χ0v) is 13.6. The monoisotopic (exact) mass is 334 g/mol. The van der Waals surface area contributed by atoms with Gasteiger partial charge in [0.1, 0.15) is 23.0 Å². The minimum Gasteiger partial charge on any atom is -0.508 e. The number of hydrogen-bond acceptors (Lipinski definition) is 6. The number of ether oxygens (including phenoxy) is 1. The molecule has 0 amide bonds. The van der Waals surface area contributed by atoms with Crippen molar-refractivity contribution < 1.29 is 24.9 Å². The van der Waals surface area contributed by atoms with Crippen molar-refractivity contribution in [3.8, 4) is 23.0 Å². The number of carbonyl (C=O) groups is 1. The van der Waals surface area contributed by atoms with Gasteiger partial charge in [0.25, 0.3) is 0 Å². The second-order valence-corrected chi connectivity index (χ2v) is 6.54. The molecular formula is C17H18O5S. The molecule has 6 heteroatoms. The lowest BCUT2D eigenvalue weighted by Crippen LogP contribution is -2.10. The molecule has 0 radical (unpaired) electrons. The van der Waals surface area contributed by atoms with Crippen LogP contribution in [0.5, 0.6) is 23.0 Å². The van der Waals surface area contributed by atoms with Gasteiger partial charge in [0, 0.05) is 18.6 Å². The molecule has 0 saturated carbocycles. The lowest BCUT2D eigenvalue weighted by Gasteiger charge is -2.10. The number of hydrogen-bond donors (Lipinski definition) is 3. The molecule has 3 N–H and O–H groups in total.